The van der Waals surface area contributed by atoms with Crippen LogP contribution in [0.4, 0.5) is 0 Å². The lowest BCUT2D eigenvalue weighted by Gasteiger charge is -2.04. The highest BCUT2D eigenvalue weighted by molar-refractivity contribution is 7.09. The third kappa shape index (κ3) is 3.95. The number of nitrogens with zero attached hydrogens (tertiary/aromatic N) is 3. The van der Waals surface area contributed by atoms with Gasteiger partial charge in [-0.15, -0.1) is 11.3 Å². The van der Waals surface area contributed by atoms with Crippen LogP contribution >= 0.6 is 34.5 Å². The Hall–Kier alpha value is -1.89. The summed E-state index contributed by atoms with van der Waals surface area (Å²) in [6.45, 7) is 2.63. The van der Waals surface area contributed by atoms with E-state index in [2.05, 4.69) is 10.1 Å². The molecule has 8 heteroatoms. The predicted molar refractivity (Wildman–Crippen MR) is 95.2 cm³/mol. The van der Waals surface area contributed by atoms with E-state index in [1.54, 1.807) is 0 Å². The molecule has 0 spiro atoms. The number of halogens is 2. The highest BCUT2D eigenvalue weighted by Crippen LogP contribution is 2.17. The number of ether oxygens (including phenoxy) is 1. The standard InChI is InChI=1S/C16H13Cl2N3O2S/c1-10-2-4-12(5-3-10)23-8-14-20-11(9-24-14)7-21-16(22)15(18)13(17)6-19-21/h2-6,9H,7-8H2,1H3. The Labute approximate surface area is 152 Å². The molecule has 0 unspecified atom stereocenters. The molecule has 5 nitrogen and oxygen atoms in total. The number of benzene rings is 1. The number of thiazole rings is 1. The molecule has 2 aromatic heterocycles. The van der Waals surface area contributed by atoms with E-state index in [0.29, 0.717) is 6.61 Å². The van der Waals surface area contributed by atoms with Gasteiger partial charge in [0.1, 0.15) is 22.4 Å². The lowest BCUT2D eigenvalue weighted by molar-refractivity contribution is 0.305. The molecule has 0 aliphatic carbocycles. The van der Waals surface area contributed by atoms with Gasteiger partial charge < -0.3 is 4.74 Å². The van der Waals surface area contributed by atoms with Gasteiger partial charge in [-0.05, 0) is 19.1 Å². The monoisotopic (exact) mass is 381 g/mol. The molecule has 0 fully saturated rings. The van der Waals surface area contributed by atoms with E-state index >= 15 is 0 Å². The Morgan fingerprint density at radius 1 is 1.25 bits per heavy atom. The summed E-state index contributed by atoms with van der Waals surface area (Å²) in [6.07, 6.45) is 1.35. The van der Waals surface area contributed by atoms with Crippen molar-refractivity contribution in [3.63, 3.8) is 0 Å². The second-order valence-corrected chi connectivity index (χ2v) is 6.83. The minimum absolute atomic E-state index is 0.0372. The Bertz CT molecular complexity index is 906. The maximum atomic E-state index is 12.0. The highest BCUT2D eigenvalue weighted by atomic mass is 35.5. The Kier molecular flexibility index (Phi) is 5.18. The molecule has 24 heavy (non-hydrogen) atoms. The highest BCUT2D eigenvalue weighted by Gasteiger charge is 2.10. The van der Waals surface area contributed by atoms with Crippen LogP contribution in [0.2, 0.25) is 10.0 Å². The topological polar surface area (TPSA) is 57.0 Å². The van der Waals surface area contributed by atoms with Crippen LogP contribution in [-0.2, 0) is 13.2 Å². The fraction of sp³-hybridized carbons (Fsp3) is 0.188. The first-order valence-electron chi connectivity index (χ1n) is 7.07. The molecule has 0 saturated carbocycles. The Balaban J connectivity index is 1.66. The van der Waals surface area contributed by atoms with Gasteiger partial charge in [-0.1, -0.05) is 40.9 Å². The van der Waals surface area contributed by atoms with Crippen LogP contribution in [0.25, 0.3) is 0 Å². The van der Waals surface area contributed by atoms with E-state index in [1.807, 2.05) is 36.6 Å². The van der Waals surface area contributed by atoms with Crippen LogP contribution < -0.4 is 10.3 Å². The summed E-state index contributed by atoms with van der Waals surface area (Å²) in [5.74, 6) is 0.791. The summed E-state index contributed by atoms with van der Waals surface area (Å²) in [4.78, 5) is 16.4. The van der Waals surface area contributed by atoms with Gasteiger partial charge in [0, 0.05) is 5.38 Å². The van der Waals surface area contributed by atoms with Crippen LogP contribution in [0.5, 0.6) is 5.75 Å². The van der Waals surface area contributed by atoms with Crippen molar-refractivity contribution in [1.29, 1.82) is 0 Å². The van der Waals surface area contributed by atoms with Crippen molar-refractivity contribution in [2.75, 3.05) is 0 Å². The molecule has 0 aliphatic heterocycles. The molecule has 3 aromatic rings. The van der Waals surface area contributed by atoms with Gasteiger partial charge in [-0.25, -0.2) is 9.67 Å². The van der Waals surface area contributed by atoms with Crippen molar-refractivity contribution >= 4 is 34.5 Å². The number of hydrogen-bond acceptors (Lipinski definition) is 5. The molecule has 0 atom stereocenters. The maximum Gasteiger partial charge on any atom is 0.287 e. The summed E-state index contributed by atoms with van der Waals surface area (Å²) in [6, 6.07) is 7.82. The second-order valence-electron chi connectivity index (χ2n) is 5.10. The first-order chi connectivity index (χ1) is 11.5. The summed E-state index contributed by atoms with van der Waals surface area (Å²) in [7, 11) is 0. The minimum atomic E-state index is -0.436. The summed E-state index contributed by atoms with van der Waals surface area (Å²) in [5.41, 5.74) is 1.46. The van der Waals surface area contributed by atoms with E-state index < -0.39 is 5.56 Å². The zero-order chi connectivity index (χ0) is 17.1. The van der Waals surface area contributed by atoms with E-state index in [1.165, 1.54) is 27.8 Å². The van der Waals surface area contributed by atoms with Crippen LogP contribution in [0.3, 0.4) is 0 Å². The van der Waals surface area contributed by atoms with Gasteiger partial charge in [0.25, 0.3) is 5.56 Å². The number of hydrogen-bond donors (Lipinski definition) is 0. The van der Waals surface area contributed by atoms with Crippen LogP contribution in [0, 0.1) is 6.92 Å². The zero-order valence-corrected chi connectivity index (χ0v) is 15.0. The van der Waals surface area contributed by atoms with Crippen molar-refractivity contribution in [3.8, 4) is 5.75 Å². The van der Waals surface area contributed by atoms with Gasteiger partial charge in [0.05, 0.1) is 23.5 Å². The first kappa shape index (κ1) is 17.0. The minimum Gasteiger partial charge on any atom is -0.486 e. The van der Waals surface area contributed by atoms with Gasteiger partial charge >= 0.3 is 0 Å². The van der Waals surface area contributed by atoms with Crippen molar-refractivity contribution < 1.29 is 4.74 Å². The second kappa shape index (κ2) is 7.34. The first-order valence-corrected chi connectivity index (χ1v) is 8.70. The summed E-state index contributed by atoms with van der Waals surface area (Å²) < 4.78 is 6.92. The lowest BCUT2D eigenvalue weighted by atomic mass is 10.2. The van der Waals surface area contributed by atoms with Crippen molar-refractivity contribution in [2.24, 2.45) is 0 Å². The molecular weight excluding hydrogens is 369 g/mol. The quantitative estimate of drug-likeness (QED) is 0.671. The summed E-state index contributed by atoms with van der Waals surface area (Å²) >= 11 is 13.1. The molecule has 1 aromatic carbocycles. The predicted octanol–water partition coefficient (Wildman–Crippen LogP) is 3.94. The fourth-order valence-electron chi connectivity index (χ4n) is 1.98. The molecular formula is C16H13Cl2N3O2S. The average molecular weight is 382 g/mol. The maximum absolute atomic E-state index is 12.0. The third-order valence-electron chi connectivity index (χ3n) is 3.24. The third-order valence-corrected chi connectivity index (χ3v) is 4.86. The Morgan fingerprint density at radius 2 is 2.00 bits per heavy atom. The number of rotatable bonds is 5. The molecule has 0 saturated heterocycles. The molecule has 0 N–H and O–H groups in total. The fourth-order valence-corrected chi connectivity index (χ4v) is 2.95. The largest absolute Gasteiger partial charge is 0.486 e. The summed E-state index contributed by atoms with van der Waals surface area (Å²) in [5, 5.41) is 6.75. The van der Waals surface area contributed by atoms with Gasteiger partial charge in [-0.2, -0.15) is 5.10 Å². The van der Waals surface area contributed by atoms with Gasteiger partial charge in [0.2, 0.25) is 0 Å². The van der Waals surface area contributed by atoms with E-state index in [4.69, 9.17) is 27.9 Å². The van der Waals surface area contributed by atoms with Gasteiger partial charge in [-0.3, -0.25) is 4.79 Å². The van der Waals surface area contributed by atoms with Crippen LogP contribution in [0.1, 0.15) is 16.3 Å². The van der Waals surface area contributed by atoms with Crippen molar-refractivity contribution in [2.45, 2.75) is 20.1 Å². The smallest absolute Gasteiger partial charge is 0.287 e. The van der Waals surface area contributed by atoms with Crippen LogP contribution in [0.15, 0.2) is 40.6 Å². The number of aromatic nitrogens is 3. The van der Waals surface area contributed by atoms with Crippen LogP contribution in [-0.4, -0.2) is 14.8 Å². The lowest BCUT2D eigenvalue weighted by Crippen LogP contribution is -2.23. The molecule has 3 rings (SSSR count). The average Bonchev–Trinajstić information content (AvgIpc) is 3.02. The Morgan fingerprint density at radius 3 is 2.75 bits per heavy atom. The molecule has 0 aliphatic rings. The van der Waals surface area contributed by atoms with E-state index in [-0.39, 0.29) is 16.6 Å². The molecule has 0 amide bonds. The zero-order valence-electron chi connectivity index (χ0n) is 12.7. The normalized spacial score (nSPS) is 10.8. The molecule has 0 radical (unpaired) electrons. The molecule has 2 heterocycles. The van der Waals surface area contributed by atoms with E-state index in [9.17, 15) is 4.79 Å². The van der Waals surface area contributed by atoms with E-state index in [0.717, 1.165) is 16.5 Å². The number of aryl methyl sites for hydroxylation is 1. The molecule has 124 valence electrons. The molecule has 0 bridgehead atoms. The van der Waals surface area contributed by atoms with Gasteiger partial charge in [0.15, 0.2) is 0 Å². The van der Waals surface area contributed by atoms with Crippen molar-refractivity contribution in [1.82, 2.24) is 14.8 Å². The SMILES string of the molecule is Cc1ccc(OCc2nc(Cn3ncc(Cl)c(Cl)c3=O)cs2)cc1. The van der Waals surface area contributed by atoms with Crippen molar-refractivity contribution in [3.05, 3.63) is 72.5 Å².